The van der Waals surface area contributed by atoms with Gasteiger partial charge in [0.2, 0.25) is 0 Å². The van der Waals surface area contributed by atoms with Gasteiger partial charge in [-0.2, -0.15) is 0 Å². The minimum absolute atomic E-state index is 0.444. The number of hydrogen-bond donors (Lipinski definition) is 2. The highest BCUT2D eigenvalue weighted by atomic mass is 16.5. The Morgan fingerprint density at radius 1 is 0.935 bits per heavy atom. The van der Waals surface area contributed by atoms with Gasteiger partial charge in [0.15, 0.2) is 0 Å². The molecular weight excluding hydrogens is 386 g/mol. The zero-order chi connectivity index (χ0) is 21.4. The molecule has 4 N–H and O–H groups in total. The lowest BCUT2D eigenvalue weighted by molar-refractivity contribution is 0.418. The summed E-state index contributed by atoms with van der Waals surface area (Å²) in [7, 11) is 1.63. The zero-order valence-electron chi connectivity index (χ0n) is 17.2. The number of benzene rings is 3. The van der Waals surface area contributed by atoms with Crippen LogP contribution >= 0.6 is 0 Å². The first-order valence-electron chi connectivity index (χ1n) is 10.2. The molecule has 0 atom stereocenters. The maximum Gasteiger partial charge on any atom is 0.145 e. The van der Waals surface area contributed by atoms with E-state index in [0.717, 1.165) is 38.8 Å². The van der Waals surface area contributed by atoms with Crippen molar-refractivity contribution in [2.75, 3.05) is 12.8 Å². The monoisotopic (exact) mass is 409 g/mol. The Balaban J connectivity index is 1.65. The number of methoxy groups -OCH3 is 1. The fourth-order valence-corrected chi connectivity index (χ4v) is 4.14. The Morgan fingerprint density at radius 2 is 1.74 bits per heavy atom. The lowest BCUT2D eigenvalue weighted by Gasteiger charge is -2.15. The minimum Gasteiger partial charge on any atom is -0.494 e. The minimum atomic E-state index is 0.444. The van der Waals surface area contributed by atoms with Gasteiger partial charge in [-0.15, -0.1) is 0 Å². The van der Waals surface area contributed by atoms with E-state index in [1.807, 2.05) is 42.5 Å². The van der Waals surface area contributed by atoms with Gasteiger partial charge in [0, 0.05) is 35.1 Å². The summed E-state index contributed by atoms with van der Waals surface area (Å²) in [5, 5.41) is 1.95. The van der Waals surface area contributed by atoms with Gasteiger partial charge in [-0.1, -0.05) is 42.5 Å². The second kappa shape index (κ2) is 7.74. The molecule has 31 heavy (non-hydrogen) atoms. The van der Waals surface area contributed by atoms with E-state index in [1.54, 1.807) is 7.11 Å². The van der Waals surface area contributed by atoms with E-state index in [9.17, 15) is 0 Å². The van der Waals surface area contributed by atoms with E-state index in [2.05, 4.69) is 39.9 Å². The molecule has 0 aliphatic carbocycles. The lowest BCUT2D eigenvalue weighted by Crippen LogP contribution is -2.09. The zero-order valence-corrected chi connectivity index (χ0v) is 17.2. The number of fused-ring (bicyclic) bond motifs is 2. The standard InChI is InChI=1S/C25H23N5O/c1-31-22-12-6-9-19-24(22)28-23(29-25(19)27)14-17-8-3-5-11-21(17)30-18(15-26)13-16-7-2-4-10-20(16)30/h2-13H,14-15,26H2,1H3,(H2,27,28,29). The summed E-state index contributed by atoms with van der Waals surface area (Å²) >= 11 is 0. The van der Waals surface area contributed by atoms with Crippen molar-refractivity contribution in [3.8, 4) is 11.4 Å². The second-order valence-corrected chi connectivity index (χ2v) is 7.42. The fraction of sp³-hybridized carbons (Fsp3) is 0.120. The van der Waals surface area contributed by atoms with Crippen molar-refractivity contribution in [1.29, 1.82) is 0 Å². The molecule has 0 aliphatic rings. The van der Waals surface area contributed by atoms with Crippen LogP contribution in [0.25, 0.3) is 27.5 Å². The average Bonchev–Trinajstić information content (AvgIpc) is 3.18. The summed E-state index contributed by atoms with van der Waals surface area (Å²) in [5.41, 5.74) is 17.4. The number of anilines is 1. The van der Waals surface area contributed by atoms with E-state index < -0.39 is 0 Å². The predicted octanol–water partition coefficient (Wildman–Crippen LogP) is 4.21. The highest BCUT2D eigenvalue weighted by Crippen LogP contribution is 2.29. The molecule has 154 valence electrons. The van der Waals surface area contributed by atoms with E-state index in [4.69, 9.17) is 21.2 Å². The number of aromatic nitrogens is 3. The van der Waals surface area contributed by atoms with Crippen molar-refractivity contribution in [2.45, 2.75) is 13.0 Å². The SMILES string of the molecule is COc1cccc2c(N)nc(Cc3ccccc3-n3c(CN)cc4ccccc43)nc12. The average molecular weight is 409 g/mol. The molecule has 0 saturated carbocycles. The maximum absolute atomic E-state index is 6.26. The van der Waals surface area contributed by atoms with Crippen molar-refractivity contribution in [1.82, 2.24) is 14.5 Å². The number of hydrogen-bond acceptors (Lipinski definition) is 5. The molecule has 5 rings (SSSR count). The van der Waals surface area contributed by atoms with Gasteiger partial charge < -0.3 is 20.8 Å². The summed E-state index contributed by atoms with van der Waals surface area (Å²) < 4.78 is 7.70. The molecule has 5 aromatic rings. The van der Waals surface area contributed by atoms with Gasteiger partial charge in [0.05, 0.1) is 12.6 Å². The van der Waals surface area contributed by atoms with E-state index in [1.165, 1.54) is 0 Å². The van der Waals surface area contributed by atoms with Gasteiger partial charge in [-0.05, 0) is 35.9 Å². The number of ether oxygens (including phenoxy) is 1. The van der Waals surface area contributed by atoms with Crippen molar-refractivity contribution >= 4 is 27.6 Å². The maximum atomic E-state index is 6.26. The van der Waals surface area contributed by atoms with Crippen molar-refractivity contribution < 1.29 is 4.74 Å². The van der Waals surface area contributed by atoms with Crippen LogP contribution in [0.1, 0.15) is 17.1 Å². The third-order valence-corrected chi connectivity index (χ3v) is 5.56. The van der Waals surface area contributed by atoms with Crippen LogP contribution in [0.3, 0.4) is 0 Å². The molecule has 6 heteroatoms. The molecule has 0 bridgehead atoms. The summed E-state index contributed by atoms with van der Waals surface area (Å²) in [6, 6.07) is 24.4. The summed E-state index contributed by atoms with van der Waals surface area (Å²) in [4.78, 5) is 9.36. The first-order valence-corrected chi connectivity index (χ1v) is 10.2. The highest BCUT2D eigenvalue weighted by molar-refractivity contribution is 5.92. The molecular formula is C25H23N5O. The molecule has 2 heterocycles. The van der Waals surface area contributed by atoms with Crippen molar-refractivity contribution in [3.63, 3.8) is 0 Å². The quantitative estimate of drug-likeness (QED) is 0.454. The van der Waals surface area contributed by atoms with Crippen LogP contribution in [-0.4, -0.2) is 21.6 Å². The normalized spacial score (nSPS) is 11.3. The molecule has 0 unspecified atom stereocenters. The number of nitrogens with zero attached hydrogens (tertiary/aromatic N) is 3. The third-order valence-electron chi connectivity index (χ3n) is 5.56. The van der Waals surface area contributed by atoms with Crippen LogP contribution in [-0.2, 0) is 13.0 Å². The Hall–Kier alpha value is -3.90. The molecule has 0 fully saturated rings. The predicted molar refractivity (Wildman–Crippen MR) is 124 cm³/mol. The van der Waals surface area contributed by atoms with E-state index in [0.29, 0.717) is 30.4 Å². The van der Waals surface area contributed by atoms with Crippen LogP contribution in [0.5, 0.6) is 5.75 Å². The van der Waals surface area contributed by atoms with E-state index >= 15 is 0 Å². The highest BCUT2D eigenvalue weighted by Gasteiger charge is 2.15. The van der Waals surface area contributed by atoms with Gasteiger partial charge in [-0.25, -0.2) is 9.97 Å². The number of rotatable bonds is 5. The molecule has 0 spiro atoms. The van der Waals surface area contributed by atoms with Crippen LogP contribution in [0.4, 0.5) is 5.82 Å². The van der Waals surface area contributed by atoms with E-state index in [-0.39, 0.29) is 0 Å². The molecule has 6 nitrogen and oxygen atoms in total. The van der Waals surface area contributed by atoms with Gasteiger partial charge >= 0.3 is 0 Å². The van der Waals surface area contributed by atoms with Crippen molar-refractivity contribution in [3.05, 3.63) is 89.9 Å². The Labute approximate surface area is 180 Å². The first-order chi connectivity index (χ1) is 15.2. The molecule has 0 radical (unpaired) electrons. The second-order valence-electron chi connectivity index (χ2n) is 7.42. The number of nitrogen functional groups attached to an aromatic ring is 1. The topological polar surface area (TPSA) is 92.0 Å². The summed E-state index contributed by atoms with van der Waals surface area (Å²) in [6.07, 6.45) is 0.533. The summed E-state index contributed by atoms with van der Waals surface area (Å²) in [5.74, 6) is 1.78. The fourth-order valence-electron chi connectivity index (χ4n) is 4.14. The Kier molecular flexibility index (Phi) is 4.76. The number of nitrogens with two attached hydrogens (primary N) is 2. The van der Waals surface area contributed by atoms with Gasteiger partial charge in [0.25, 0.3) is 0 Å². The van der Waals surface area contributed by atoms with Gasteiger partial charge in [0.1, 0.15) is 22.9 Å². The molecule has 0 amide bonds. The summed E-state index contributed by atoms with van der Waals surface area (Å²) in [6.45, 7) is 0.444. The van der Waals surface area contributed by atoms with Crippen LogP contribution in [0, 0.1) is 0 Å². The smallest absolute Gasteiger partial charge is 0.145 e. The van der Waals surface area contributed by atoms with Crippen molar-refractivity contribution in [2.24, 2.45) is 5.73 Å². The third kappa shape index (κ3) is 3.27. The Morgan fingerprint density at radius 3 is 2.58 bits per heavy atom. The first kappa shape index (κ1) is 19.1. The molecule has 2 aromatic heterocycles. The molecule has 3 aromatic carbocycles. The number of para-hydroxylation sites is 3. The lowest BCUT2D eigenvalue weighted by atomic mass is 10.1. The molecule has 0 saturated heterocycles. The van der Waals surface area contributed by atoms with Gasteiger partial charge in [-0.3, -0.25) is 0 Å². The van der Waals surface area contributed by atoms with Crippen LogP contribution in [0.15, 0.2) is 72.8 Å². The molecule has 0 aliphatic heterocycles. The Bertz CT molecular complexity index is 1410. The van der Waals surface area contributed by atoms with Crippen LogP contribution < -0.4 is 16.2 Å². The largest absolute Gasteiger partial charge is 0.494 e. The van der Waals surface area contributed by atoms with Crippen LogP contribution in [0.2, 0.25) is 0 Å².